The van der Waals surface area contributed by atoms with Crippen LogP contribution < -0.4 is 9.38 Å². The van der Waals surface area contributed by atoms with Gasteiger partial charge in [0.15, 0.2) is 5.78 Å². The smallest absolute Gasteiger partial charge is 0.335 e. The number of unbranched alkanes of at least 4 members (excludes halogenated alkanes) is 5. The van der Waals surface area contributed by atoms with Gasteiger partial charge in [-0.2, -0.15) is 0 Å². The number of aliphatic hydroxyl groups excluding tert-OH is 1. The van der Waals surface area contributed by atoms with Gasteiger partial charge in [0.05, 0.1) is 35.7 Å². The number of benzene rings is 2. The maximum Gasteiger partial charge on any atom is 0.335 e. The van der Waals surface area contributed by atoms with Crippen molar-refractivity contribution in [3.8, 4) is 0 Å². The lowest BCUT2D eigenvalue weighted by molar-refractivity contribution is -0.113. The van der Waals surface area contributed by atoms with E-state index in [2.05, 4.69) is 77.8 Å². The van der Waals surface area contributed by atoms with Gasteiger partial charge in [0.2, 0.25) is 0 Å². The van der Waals surface area contributed by atoms with Gasteiger partial charge in [-0.05, 0) is 69.2 Å². The number of hydrogen-bond donors (Lipinski definition) is 2. The molecule has 2 atom stereocenters. The third kappa shape index (κ3) is 5.01. The van der Waals surface area contributed by atoms with Crippen molar-refractivity contribution in [2.24, 2.45) is 0 Å². The normalized spacial score (nSPS) is 25.0. The largest absolute Gasteiger partial charge is 0.506 e. The van der Waals surface area contributed by atoms with Gasteiger partial charge in [-0.1, -0.05) is 71.1 Å². The number of Topliss-reactive ketones (excluding diaryl/α,β-unsaturated/α-hetero) is 1. The summed E-state index contributed by atoms with van der Waals surface area (Å²) in [7, 11) is 2.21. The van der Waals surface area contributed by atoms with E-state index in [1.165, 1.54) is 36.9 Å². The number of para-hydroxylation sites is 1. The van der Waals surface area contributed by atoms with Crippen molar-refractivity contribution in [3.63, 3.8) is 0 Å². The molecule has 5 rings (SSSR count). The maximum atomic E-state index is 13.8. The van der Waals surface area contributed by atoms with E-state index in [4.69, 9.17) is 0 Å². The fourth-order valence-electron chi connectivity index (χ4n) is 7.81. The number of quaternary nitrogens is 1. The number of aliphatic hydroxyl groups is 1. The number of carbonyl (C=O) groups is 2. The lowest BCUT2D eigenvalue weighted by atomic mass is 9.76. The van der Waals surface area contributed by atoms with Crippen LogP contribution in [-0.4, -0.2) is 48.1 Å². The third-order valence-electron chi connectivity index (χ3n) is 10.6. The Morgan fingerprint density at radius 1 is 0.977 bits per heavy atom. The Morgan fingerprint density at radius 2 is 1.66 bits per heavy atom. The van der Waals surface area contributed by atoms with Gasteiger partial charge in [0, 0.05) is 28.9 Å². The number of aromatic carboxylic acids is 1. The average molecular weight is 598 g/mol. The van der Waals surface area contributed by atoms with Crippen molar-refractivity contribution in [1.29, 1.82) is 0 Å². The number of hydrogen-bond acceptors (Lipinski definition) is 4. The zero-order valence-electron chi connectivity index (χ0n) is 27.5. The van der Waals surface area contributed by atoms with E-state index in [1.54, 1.807) is 12.1 Å². The molecule has 0 bridgehead atoms. The van der Waals surface area contributed by atoms with Crippen molar-refractivity contribution >= 4 is 23.1 Å². The number of carbonyl (C=O) groups excluding carboxylic acids is 1. The van der Waals surface area contributed by atoms with Crippen LogP contribution in [0.1, 0.15) is 102 Å². The molecule has 0 saturated heterocycles. The van der Waals surface area contributed by atoms with Crippen LogP contribution in [-0.2, 0) is 15.6 Å². The van der Waals surface area contributed by atoms with Gasteiger partial charge < -0.3 is 15.1 Å². The molecule has 1 aliphatic carbocycles. The van der Waals surface area contributed by atoms with Gasteiger partial charge in [0.25, 0.3) is 0 Å². The zero-order chi connectivity index (χ0) is 32.0. The van der Waals surface area contributed by atoms with E-state index in [0.29, 0.717) is 15.6 Å². The Bertz CT molecular complexity index is 1580. The van der Waals surface area contributed by atoms with Crippen LogP contribution in [0.25, 0.3) is 0 Å². The lowest BCUT2D eigenvalue weighted by Crippen LogP contribution is -2.55. The second-order valence-electron chi connectivity index (χ2n) is 14.1. The second-order valence-corrected chi connectivity index (χ2v) is 14.1. The van der Waals surface area contributed by atoms with Crippen molar-refractivity contribution < 1.29 is 19.8 Å². The number of anilines is 1. The monoisotopic (exact) mass is 597 g/mol. The molecule has 0 radical (unpaired) electrons. The highest BCUT2D eigenvalue weighted by Crippen LogP contribution is 2.52. The molecule has 0 amide bonds. The summed E-state index contributed by atoms with van der Waals surface area (Å²) in [6, 6.07) is 13.8. The number of rotatable bonds is 11. The Kier molecular flexibility index (Phi) is 8.45. The molecule has 2 unspecified atom stereocenters. The summed E-state index contributed by atoms with van der Waals surface area (Å²) >= 11 is 0. The first-order valence-corrected chi connectivity index (χ1v) is 16.3. The Labute approximate surface area is 263 Å². The zero-order valence-corrected chi connectivity index (χ0v) is 27.5. The van der Waals surface area contributed by atoms with Crippen molar-refractivity contribution in [3.05, 3.63) is 93.9 Å². The highest BCUT2D eigenvalue weighted by molar-refractivity contribution is 6.21. The minimum Gasteiger partial charge on any atom is -0.506 e. The molecule has 44 heavy (non-hydrogen) atoms. The van der Waals surface area contributed by atoms with Crippen LogP contribution in [0.3, 0.4) is 0 Å². The summed E-state index contributed by atoms with van der Waals surface area (Å²) in [4.78, 5) is 27.9. The highest BCUT2D eigenvalue weighted by Gasteiger charge is 2.54. The van der Waals surface area contributed by atoms with Crippen LogP contribution >= 0.6 is 0 Å². The van der Waals surface area contributed by atoms with E-state index in [1.807, 2.05) is 18.2 Å². The molecule has 0 aromatic heterocycles. The van der Waals surface area contributed by atoms with Crippen LogP contribution in [0.4, 0.5) is 11.4 Å². The van der Waals surface area contributed by atoms with Gasteiger partial charge in [0.1, 0.15) is 17.5 Å². The molecular weight excluding hydrogens is 548 g/mol. The second kappa shape index (κ2) is 11.7. The molecule has 2 aromatic rings. The molecule has 0 fully saturated rings. The van der Waals surface area contributed by atoms with Crippen LogP contribution in [0.15, 0.2) is 77.2 Å². The standard InChI is InChI=1S/C38H48N2O4/c1-8-10-11-12-13-16-21-39-30-20-19-25(36(43)44)22-29(30)37(3,4)32(39)23-26-34(41)27(35(26)42)24-33-38(5,6)28-17-14-15-18-31(28)40(33,7)9-2/h14-15,17-20,22-24,33H,8-13,16,21H2,1-7H3,(H-,41,42,43,44)/p+1/b32-23+. The van der Waals surface area contributed by atoms with Crippen LogP contribution in [0.2, 0.25) is 0 Å². The summed E-state index contributed by atoms with van der Waals surface area (Å²) in [5.74, 6) is -1.04. The summed E-state index contributed by atoms with van der Waals surface area (Å²) in [5, 5.41) is 21.1. The van der Waals surface area contributed by atoms with Gasteiger partial charge in [-0.25, -0.2) is 4.79 Å². The first-order chi connectivity index (χ1) is 20.8. The van der Waals surface area contributed by atoms with E-state index >= 15 is 0 Å². The fraction of sp³-hybridized carbons (Fsp3) is 0.474. The molecule has 2 heterocycles. The fourth-order valence-corrected chi connectivity index (χ4v) is 7.81. The first-order valence-electron chi connectivity index (χ1n) is 16.3. The molecule has 6 nitrogen and oxygen atoms in total. The predicted molar refractivity (Wildman–Crippen MR) is 179 cm³/mol. The third-order valence-corrected chi connectivity index (χ3v) is 10.6. The molecule has 2 aromatic carbocycles. The Hall–Kier alpha value is -3.64. The summed E-state index contributed by atoms with van der Waals surface area (Å²) in [6.07, 6.45) is 10.8. The maximum absolute atomic E-state index is 13.8. The van der Waals surface area contributed by atoms with Crippen molar-refractivity contribution in [2.45, 2.75) is 96.9 Å². The number of ketones is 1. The van der Waals surface area contributed by atoms with E-state index in [0.717, 1.165) is 42.9 Å². The average Bonchev–Trinajstić information content (AvgIpc) is 3.31. The molecule has 0 saturated carbocycles. The number of carboxylic acids is 1. The SMILES string of the molecule is CCCCCCCCN1/C(=C/C2=C(O)C(=C\C3C(C)(C)c4ccccc4[N+]3(C)CC)/C2=O)C(C)(C)c2cc(C(=O)O)ccc21. The summed E-state index contributed by atoms with van der Waals surface area (Å²) < 4.78 is 0.671. The Morgan fingerprint density at radius 3 is 2.32 bits per heavy atom. The van der Waals surface area contributed by atoms with Gasteiger partial charge >= 0.3 is 5.97 Å². The molecule has 234 valence electrons. The molecule has 3 aliphatic rings. The number of fused-ring (bicyclic) bond motifs is 2. The topological polar surface area (TPSA) is 77.8 Å². The molecule has 6 heteroatoms. The number of allylic oxidation sites excluding steroid dienone is 4. The summed E-state index contributed by atoms with van der Waals surface area (Å²) in [5.41, 5.74) is 5.58. The quantitative estimate of drug-likeness (QED) is 0.155. The van der Waals surface area contributed by atoms with Gasteiger partial charge in [-0.3, -0.25) is 9.28 Å². The number of nitrogens with zero attached hydrogens (tertiary/aromatic N) is 2. The van der Waals surface area contributed by atoms with Gasteiger partial charge in [-0.15, -0.1) is 0 Å². The molecule has 0 spiro atoms. The highest BCUT2D eigenvalue weighted by atomic mass is 16.4. The lowest BCUT2D eigenvalue weighted by Gasteiger charge is -2.39. The molecular formula is C38H49N2O4+. The minimum absolute atomic E-state index is 0.00831. The minimum atomic E-state index is -0.956. The van der Waals surface area contributed by atoms with Crippen LogP contribution in [0.5, 0.6) is 0 Å². The van der Waals surface area contributed by atoms with E-state index < -0.39 is 11.4 Å². The molecule has 2 N–H and O–H groups in total. The summed E-state index contributed by atoms with van der Waals surface area (Å²) in [6.45, 7) is 14.6. The predicted octanol–water partition coefficient (Wildman–Crippen LogP) is 8.37. The van der Waals surface area contributed by atoms with Crippen LogP contribution in [0, 0.1) is 0 Å². The Balaban J connectivity index is 1.51. The van der Waals surface area contributed by atoms with Crippen molar-refractivity contribution in [2.75, 3.05) is 25.0 Å². The number of likely N-dealkylation sites (N-methyl/N-ethyl adjacent to an activating group) is 1. The first kappa shape index (κ1) is 31.8. The molecule has 2 aliphatic heterocycles. The van der Waals surface area contributed by atoms with E-state index in [9.17, 15) is 19.8 Å². The van der Waals surface area contributed by atoms with Crippen molar-refractivity contribution in [1.82, 2.24) is 4.48 Å². The number of carboxylic acid groups (broad SMARTS) is 1. The van der Waals surface area contributed by atoms with E-state index in [-0.39, 0.29) is 28.6 Å².